The molecule has 0 fully saturated rings. The van der Waals surface area contributed by atoms with Crippen LogP contribution in [0.15, 0.2) is 89.1 Å². The van der Waals surface area contributed by atoms with E-state index in [4.69, 9.17) is 5.10 Å². The lowest BCUT2D eigenvalue weighted by Crippen LogP contribution is -2.31. The first-order valence-corrected chi connectivity index (χ1v) is 10.9. The number of rotatable bonds is 5. The predicted molar refractivity (Wildman–Crippen MR) is 130 cm³/mol. The molecule has 0 heterocycles. The lowest BCUT2D eigenvalue weighted by molar-refractivity contribution is -0.110. The van der Waals surface area contributed by atoms with Gasteiger partial charge in [0.2, 0.25) is 5.78 Å². The fourth-order valence-corrected chi connectivity index (χ4v) is 3.55. The van der Waals surface area contributed by atoms with Crippen molar-refractivity contribution in [3.63, 3.8) is 0 Å². The Morgan fingerprint density at radius 2 is 1.19 bits per heavy atom. The van der Waals surface area contributed by atoms with Gasteiger partial charge in [-0.25, -0.2) is 0 Å². The van der Waals surface area contributed by atoms with Crippen molar-refractivity contribution in [2.75, 3.05) is 0 Å². The molecule has 0 atom stereocenters. The average molecular weight is 415 g/mol. The van der Waals surface area contributed by atoms with Crippen LogP contribution in [-0.2, 0) is 17.9 Å². The number of benzene rings is 2. The number of hydrogen-bond acceptors (Lipinski definition) is 3. The summed E-state index contributed by atoms with van der Waals surface area (Å²) >= 11 is 0. The van der Waals surface area contributed by atoms with E-state index in [0.29, 0.717) is 18.8 Å². The molecule has 3 rings (SSSR count). The summed E-state index contributed by atoms with van der Waals surface area (Å²) in [5.41, 5.74) is 4.49. The van der Waals surface area contributed by atoms with E-state index in [1.54, 1.807) is 0 Å². The first-order valence-electron chi connectivity index (χ1n) is 10.9. The minimum atomic E-state index is -0.244. The van der Waals surface area contributed by atoms with E-state index in [9.17, 15) is 4.79 Å². The Hall–Kier alpha value is -2.94. The van der Waals surface area contributed by atoms with Crippen molar-refractivity contribution in [1.82, 2.24) is 5.01 Å². The number of carbonyl (C=O) groups is 1. The molecular formula is C28H34N2O. The van der Waals surface area contributed by atoms with Crippen LogP contribution in [0.1, 0.15) is 52.7 Å². The molecule has 0 saturated heterocycles. The standard InChI is InChI=1S/C28H34N2O/c1-27(2,3)23-17-24(28(4,5)6)26(31)25(18-23)29-30(19-21-13-9-7-10-14-21)20-22-15-11-8-12-16-22/h7-18H,19-20H2,1-6H3. The summed E-state index contributed by atoms with van der Waals surface area (Å²) in [6.07, 6.45) is 4.04. The molecule has 162 valence electrons. The van der Waals surface area contributed by atoms with Crippen molar-refractivity contribution in [3.05, 3.63) is 95.1 Å². The smallest absolute Gasteiger partial charge is 0.209 e. The van der Waals surface area contributed by atoms with Gasteiger partial charge in [-0.2, -0.15) is 5.10 Å². The van der Waals surface area contributed by atoms with Crippen molar-refractivity contribution in [2.24, 2.45) is 15.9 Å². The van der Waals surface area contributed by atoms with Gasteiger partial charge in [-0.1, -0.05) is 108 Å². The van der Waals surface area contributed by atoms with Crippen LogP contribution in [0.4, 0.5) is 0 Å². The highest BCUT2D eigenvalue weighted by Crippen LogP contribution is 2.36. The van der Waals surface area contributed by atoms with Crippen LogP contribution in [0.5, 0.6) is 0 Å². The summed E-state index contributed by atoms with van der Waals surface area (Å²) in [6, 6.07) is 20.5. The molecule has 0 amide bonds. The van der Waals surface area contributed by atoms with E-state index in [-0.39, 0.29) is 16.6 Å². The molecule has 0 spiro atoms. The molecule has 0 N–H and O–H groups in total. The van der Waals surface area contributed by atoms with E-state index >= 15 is 0 Å². The molecule has 0 radical (unpaired) electrons. The van der Waals surface area contributed by atoms with Gasteiger partial charge >= 0.3 is 0 Å². The zero-order valence-corrected chi connectivity index (χ0v) is 19.6. The quantitative estimate of drug-likeness (QED) is 0.409. The third-order valence-corrected chi connectivity index (χ3v) is 5.41. The zero-order valence-electron chi connectivity index (χ0n) is 19.6. The van der Waals surface area contributed by atoms with Crippen molar-refractivity contribution >= 4 is 11.5 Å². The van der Waals surface area contributed by atoms with Crippen LogP contribution in [0.3, 0.4) is 0 Å². The van der Waals surface area contributed by atoms with E-state index in [0.717, 1.165) is 22.3 Å². The first-order chi connectivity index (χ1) is 14.5. The van der Waals surface area contributed by atoms with Crippen LogP contribution < -0.4 is 0 Å². The zero-order chi connectivity index (χ0) is 22.6. The monoisotopic (exact) mass is 414 g/mol. The Labute approximate surface area is 187 Å². The Balaban J connectivity index is 2.03. The minimum Gasteiger partial charge on any atom is -0.288 e. The lowest BCUT2D eigenvalue weighted by Gasteiger charge is -2.30. The topological polar surface area (TPSA) is 32.7 Å². The van der Waals surface area contributed by atoms with E-state index in [1.807, 2.05) is 47.5 Å². The molecule has 0 unspecified atom stereocenters. The molecule has 2 aromatic rings. The highest BCUT2D eigenvalue weighted by Gasteiger charge is 2.32. The minimum absolute atomic E-state index is 0.0200. The van der Waals surface area contributed by atoms with Crippen LogP contribution >= 0.6 is 0 Å². The summed E-state index contributed by atoms with van der Waals surface area (Å²) in [4.78, 5) is 13.4. The van der Waals surface area contributed by atoms with E-state index in [1.165, 1.54) is 0 Å². The van der Waals surface area contributed by atoms with Gasteiger partial charge in [0.15, 0.2) is 0 Å². The maximum atomic E-state index is 13.4. The van der Waals surface area contributed by atoms with Gasteiger partial charge in [-0.15, -0.1) is 0 Å². The molecule has 31 heavy (non-hydrogen) atoms. The van der Waals surface area contributed by atoms with E-state index in [2.05, 4.69) is 71.9 Å². The maximum absolute atomic E-state index is 13.4. The Bertz CT molecular complexity index is 959. The summed E-state index contributed by atoms with van der Waals surface area (Å²) in [7, 11) is 0. The molecule has 2 aromatic carbocycles. The van der Waals surface area contributed by atoms with Gasteiger partial charge in [0, 0.05) is 5.57 Å². The van der Waals surface area contributed by atoms with Gasteiger partial charge in [0.05, 0.1) is 13.1 Å². The molecule has 3 heteroatoms. The SMILES string of the molecule is CC(C)(C)C1=CC(=NN(Cc2ccccc2)Cc2ccccc2)C(=O)C(C(C)(C)C)=C1. The summed E-state index contributed by atoms with van der Waals surface area (Å²) in [6.45, 7) is 14.1. The van der Waals surface area contributed by atoms with Gasteiger partial charge in [-0.05, 0) is 33.6 Å². The molecule has 1 aliphatic carbocycles. The third kappa shape index (κ3) is 6.04. The molecule has 0 bridgehead atoms. The van der Waals surface area contributed by atoms with Crippen molar-refractivity contribution in [2.45, 2.75) is 54.6 Å². The predicted octanol–water partition coefficient (Wildman–Crippen LogP) is 6.57. The molecule has 3 nitrogen and oxygen atoms in total. The number of hydrogen-bond donors (Lipinski definition) is 0. The maximum Gasteiger partial charge on any atom is 0.209 e. The Morgan fingerprint density at radius 1 is 0.710 bits per heavy atom. The van der Waals surface area contributed by atoms with Gasteiger partial charge in [0.25, 0.3) is 0 Å². The number of Topliss-reactive ketones (excluding diaryl/α,β-unsaturated/α-hetero) is 1. The highest BCUT2D eigenvalue weighted by molar-refractivity contribution is 6.50. The van der Waals surface area contributed by atoms with Crippen molar-refractivity contribution in [1.29, 1.82) is 0 Å². The van der Waals surface area contributed by atoms with Crippen LogP contribution in [-0.4, -0.2) is 16.5 Å². The van der Waals surface area contributed by atoms with Crippen molar-refractivity contribution < 1.29 is 4.79 Å². The Morgan fingerprint density at radius 3 is 1.61 bits per heavy atom. The second-order valence-corrected chi connectivity index (χ2v) is 10.3. The number of nitrogens with zero attached hydrogens (tertiary/aromatic N) is 2. The third-order valence-electron chi connectivity index (χ3n) is 5.41. The van der Waals surface area contributed by atoms with Gasteiger partial charge in [0.1, 0.15) is 5.71 Å². The van der Waals surface area contributed by atoms with Crippen LogP contribution in [0.2, 0.25) is 0 Å². The molecule has 0 aromatic heterocycles. The summed E-state index contributed by atoms with van der Waals surface area (Å²) in [5.74, 6) is 0.0200. The highest BCUT2D eigenvalue weighted by atomic mass is 16.1. The van der Waals surface area contributed by atoms with E-state index < -0.39 is 0 Å². The molecular weight excluding hydrogens is 380 g/mol. The average Bonchev–Trinajstić information content (AvgIpc) is 2.69. The second kappa shape index (κ2) is 9.05. The first kappa shape index (κ1) is 22.7. The van der Waals surface area contributed by atoms with Crippen LogP contribution in [0.25, 0.3) is 0 Å². The fourth-order valence-electron chi connectivity index (χ4n) is 3.55. The molecule has 0 saturated carbocycles. The lowest BCUT2D eigenvalue weighted by atomic mass is 9.74. The summed E-state index contributed by atoms with van der Waals surface area (Å²) in [5, 5.41) is 6.92. The van der Waals surface area contributed by atoms with Crippen molar-refractivity contribution in [3.8, 4) is 0 Å². The second-order valence-electron chi connectivity index (χ2n) is 10.3. The number of ketones is 1. The fraction of sp³-hybridized carbons (Fsp3) is 0.357. The van der Waals surface area contributed by atoms with Gasteiger partial charge < -0.3 is 0 Å². The Kier molecular flexibility index (Phi) is 6.64. The number of allylic oxidation sites excluding steroid dienone is 4. The summed E-state index contributed by atoms with van der Waals surface area (Å²) < 4.78 is 0. The van der Waals surface area contributed by atoms with Crippen LogP contribution in [0, 0.1) is 10.8 Å². The number of carbonyl (C=O) groups excluding carboxylic acids is 1. The van der Waals surface area contributed by atoms with Gasteiger partial charge in [-0.3, -0.25) is 9.80 Å². The number of hydrazone groups is 1. The normalized spacial score (nSPS) is 16.2. The largest absolute Gasteiger partial charge is 0.288 e. The molecule has 0 aliphatic heterocycles. The molecule has 1 aliphatic rings.